The Kier molecular flexibility index (Phi) is 4.20. The maximum absolute atomic E-state index is 12.0. The molecule has 0 spiro atoms. The van der Waals surface area contributed by atoms with Crippen molar-refractivity contribution >= 4 is 40.6 Å². The van der Waals surface area contributed by atoms with Crippen molar-refractivity contribution in [2.45, 2.75) is 0 Å². The van der Waals surface area contributed by atoms with Gasteiger partial charge in [0.25, 0.3) is 5.24 Å². The molecular weight excluding hydrogens is 320 g/mol. The van der Waals surface area contributed by atoms with E-state index in [2.05, 4.69) is 10.2 Å². The topological polar surface area (TPSA) is 101 Å². The number of thioether (sulfide) groups is 1. The zero-order chi connectivity index (χ0) is 16.2. The fraction of sp³-hybridized carbons (Fsp3) is 0.0714. The number of hydrogen-bond donors (Lipinski definition) is 0. The van der Waals surface area contributed by atoms with E-state index in [9.17, 15) is 14.9 Å². The second-order valence-electron chi connectivity index (χ2n) is 4.42. The minimum Gasteiger partial charge on any atom is -0.400 e. The third-order valence-electron chi connectivity index (χ3n) is 2.93. The van der Waals surface area contributed by atoms with Crippen LogP contribution >= 0.6 is 11.8 Å². The Morgan fingerprint density at radius 1 is 1.26 bits per heavy atom. The molecule has 0 saturated carbocycles. The van der Waals surface area contributed by atoms with Crippen LogP contribution in [0.5, 0.6) is 0 Å². The molecule has 0 bridgehead atoms. The number of para-hydroxylation sites is 1. The molecule has 0 atom stereocenters. The third kappa shape index (κ3) is 3.29. The molecule has 23 heavy (non-hydrogen) atoms. The number of rotatable bonds is 4. The zero-order valence-electron chi connectivity index (χ0n) is 11.7. The number of anilines is 1. The lowest BCUT2D eigenvalue weighted by molar-refractivity contribution is -0.402. The predicted molar refractivity (Wildman–Crippen MR) is 87.2 cm³/mol. The number of carbonyl (C=O) groups is 1. The van der Waals surface area contributed by atoms with Crippen LogP contribution in [0, 0.1) is 10.1 Å². The van der Waals surface area contributed by atoms with Gasteiger partial charge in [-0.3, -0.25) is 19.8 Å². The molecule has 0 N–H and O–H groups in total. The summed E-state index contributed by atoms with van der Waals surface area (Å²) < 4.78 is 4.94. The molecule has 1 amide bonds. The van der Waals surface area contributed by atoms with Crippen molar-refractivity contribution in [2.75, 3.05) is 10.7 Å². The van der Waals surface area contributed by atoms with Crippen molar-refractivity contribution in [2.24, 2.45) is 10.2 Å². The summed E-state index contributed by atoms with van der Waals surface area (Å²) in [6, 6.07) is 11.8. The second kappa shape index (κ2) is 6.44. The Labute approximate surface area is 134 Å². The van der Waals surface area contributed by atoms with Crippen molar-refractivity contribution in [1.29, 1.82) is 0 Å². The van der Waals surface area contributed by atoms with E-state index in [4.69, 9.17) is 4.42 Å². The smallest absolute Gasteiger partial charge is 0.400 e. The van der Waals surface area contributed by atoms with Crippen molar-refractivity contribution in [3.8, 4) is 0 Å². The molecule has 1 aromatic carbocycles. The van der Waals surface area contributed by atoms with Crippen molar-refractivity contribution < 1.29 is 14.1 Å². The molecule has 1 aromatic heterocycles. The Hall–Kier alpha value is -2.94. The highest BCUT2D eigenvalue weighted by Crippen LogP contribution is 2.26. The molecule has 0 aliphatic carbocycles. The van der Waals surface area contributed by atoms with Crippen LogP contribution in [0.4, 0.5) is 16.4 Å². The highest BCUT2D eigenvalue weighted by atomic mass is 32.2. The molecule has 2 aromatic rings. The first-order chi connectivity index (χ1) is 11.1. The Bertz CT molecular complexity index is 800. The standard InChI is InChI=1S/C14H10N4O4S/c19-14-17(10-4-2-1-3-5-10)12(9-23-14)16-15-8-11-6-7-13(22-11)18(20)21/h1-8H,9H2. The van der Waals surface area contributed by atoms with Gasteiger partial charge in [0.2, 0.25) is 0 Å². The van der Waals surface area contributed by atoms with E-state index in [1.165, 1.54) is 23.2 Å². The van der Waals surface area contributed by atoms with Gasteiger partial charge in [-0.15, -0.1) is 5.10 Å². The van der Waals surface area contributed by atoms with Gasteiger partial charge in [0.15, 0.2) is 5.76 Å². The van der Waals surface area contributed by atoms with Gasteiger partial charge >= 0.3 is 5.88 Å². The van der Waals surface area contributed by atoms with E-state index in [1.54, 1.807) is 12.1 Å². The molecule has 9 heteroatoms. The summed E-state index contributed by atoms with van der Waals surface area (Å²) in [5.74, 6) is 0.744. The molecule has 3 rings (SSSR count). The number of nitrogens with zero attached hydrogens (tertiary/aromatic N) is 4. The fourth-order valence-electron chi connectivity index (χ4n) is 1.93. The lowest BCUT2D eigenvalue weighted by Gasteiger charge is -2.14. The van der Waals surface area contributed by atoms with E-state index < -0.39 is 4.92 Å². The van der Waals surface area contributed by atoms with Crippen LogP contribution < -0.4 is 4.90 Å². The molecule has 0 radical (unpaired) electrons. The van der Waals surface area contributed by atoms with Crippen LogP contribution in [-0.4, -0.2) is 28.0 Å². The van der Waals surface area contributed by atoms with Gasteiger partial charge in [-0.2, -0.15) is 5.10 Å². The van der Waals surface area contributed by atoms with Crippen molar-refractivity contribution in [3.05, 3.63) is 58.3 Å². The highest BCUT2D eigenvalue weighted by Gasteiger charge is 2.29. The minimum absolute atomic E-state index is 0.126. The number of furan rings is 1. The zero-order valence-corrected chi connectivity index (χ0v) is 12.5. The number of carbonyl (C=O) groups excluding carboxylic acids is 1. The maximum atomic E-state index is 12.0. The normalized spacial score (nSPS) is 16.6. The summed E-state index contributed by atoms with van der Waals surface area (Å²) in [4.78, 5) is 23.3. The van der Waals surface area contributed by atoms with E-state index in [-0.39, 0.29) is 16.9 Å². The molecule has 2 heterocycles. The molecule has 8 nitrogen and oxygen atoms in total. The predicted octanol–water partition coefficient (Wildman–Crippen LogP) is 3.29. The molecule has 1 aliphatic heterocycles. The van der Waals surface area contributed by atoms with Crippen LogP contribution in [0.3, 0.4) is 0 Å². The number of nitro groups is 1. The van der Waals surface area contributed by atoms with Gasteiger partial charge in [0, 0.05) is 0 Å². The summed E-state index contributed by atoms with van der Waals surface area (Å²) in [6.07, 6.45) is 1.26. The first-order valence-electron chi connectivity index (χ1n) is 6.51. The first kappa shape index (κ1) is 15.0. The molecule has 0 unspecified atom stereocenters. The Morgan fingerprint density at radius 2 is 2.04 bits per heavy atom. The van der Waals surface area contributed by atoms with Crippen molar-refractivity contribution in [1.82, 2.24) is 0 Å². The third-order valence-corrected chi connectivity index (χ3v) is 3.76. The summed E-state index contributed by atoms with van der Waals surface area (Å²) in [6.45, 7) is 0. The SMILES string of the molecule is O=C1SCC(=NN=Cc2ccc([N+](=O)[O-])o2)N1c1ccccc1. The molecule has 1 saturated heterocycles. The molecule has 1 fully saturated rings. The van der Waals surface area contributed by atoms with Gasteiger partial charge in [-0.05, 0) is 18.2 Å². The van der Waals surface area contributed by atoms with Gasteiger partial charge in [-0.1, -0.05) is 30.0 Å². The van der Waals surface area contributed by atoms with Gasteiger partial charge in [0.1, 0.15) is 10.8 Å². The van der Waals surface area contributed by atoms with E-state index in [1.807, 2.05) is 18.2 Å². The summed E-state index contributed by atoms with van der Waals surface area (Å²) in [5.41, 5.74) is 0.713. The van der Waals surface area contributed by atoms with Crippen molar-refractivity contribution in [3.63, 3.8) is 0 Å². The van der Waals surface area contributed by atoms with Crippen LogP contribution in [0.15, 0.2) is 57.1 Å². The summed E-state index contributed by atoms with van der Waals surface area (Å²) in [5, 5.41) is 18.3. The van der Waals surface area contributed by atoms with Crippen LogP contribution in [0.1, 0.15) is 5.76 Å². The number of amidine groups is 1. The van der Waals surface area contributed by atoms with Gasteiger partial charge in [0.05, 0.1) is 23.7 Å². The number of amides is 1. The Morgan fingerprint density at radius 3 is 2.74 bits per heavy atom. The van der Waals surface area contributed by atoms with Crippen LogP contribution in [0.25, 0.3) is 0 Å². The van der Waals surface area contributed by atoms with Crippen LogP contribution in [-0.2, 0) is 0 Å². The second-order valence-corrected chi connectivity index (χ2v) is 5.35. The molecule has 1 aliphatic rings. The van der Waals surface area contributed by atoms with Gasteiger partial charge in [-0.25, -0.2) is 0 Å². The molecule has 116 valence electrons. The van der Waals surface area contributed by atoms with E-state index in [0.717, 1.165) is 11.8 Å². The lowest BCUT2D eigenvalue weighted by Crippen LogP contribution is -2.28. The monoisotopic (exact) mass is 330 g/mol. The summed E-state index contributed by atoms with van der Waals surface area (Å²) in [7, 11) is 0. The fourth-order valence-corrected chi connectivity index (χ4v) is 2.71. The lowest BCUT2D eigenvalue weighted by atomic mass is 10.3. The van der Waals surface area contributed by atoms with E-state index in [0.29, 0.717) is 17.3 Å². The largest absolute Gasteiger partial charge is 0.433 e. The number of benzene rings is 1. The van der Waals surface area contributed by atoms with Gasteiger partial charge < -0.3 is 4.42 Å². The Balaban J connectivity index is 1.79. The first-order valence-corrected chi connectivity index (χ1v) is 7.50. The summed E-state index contributed by atoms with van der Waals surface area (Å²) >= 11 is 1.13. The molecular formula is C14H10N4O4S. The van der Waals surface area contributed by atoms with E-state index >= 15 is 0 Å². The minimum atomic E-state index is -0.632. The quantitative estimate of drug-likeness (QED) is 0.486. The average molecular weight is 330 g/mol. The highest BCUT2D eigenvalue weighted by molar-refractivity contribution is 8.15. The average Bonchev–Trinajstić information content (AvgIpc) is 3.16. The number of hydrogen-bond acceptors (Lipinski definition) is 7. The maximum Gasteiger partial charge on any atom is 0.433 e. The van der Waals surface area contributed by atoms with Crippen LogP contribution in [0.2, 0.25) is 0 Å².